The Labute approximate surface area is 99.0 Å². The van der Waals surface area contributed by atoms with Crippen LogP contribution in [-0.2, 0) is 6.42 Å². The molecule has 0 amide bonds. The van der Waals surface area contributed by atoms with Gasteiger partial charge in [-0.15, -0.1) is 0 Å². The lowest BCUT2D eigenvalue weighted by Crippen LogP contribution is -2.36. The Bertz CT molecular complexity index is 309. The topological polar surface area (TPSA) is 26.0 Å². The van der Waals surface area contributed by atoms with Crippen LogP contribution in [0, 0.1) is 11.3 Å². The van der Waals surface area contributed by atoms with E-state index in [1.807, 2.05) is 0 Å². The fraction of sp³-hybridized carbons (Fsp3) is 0.600. The summed E-state index contributed by atoms with van der Waals surface area (Å²) in [5.41, 5.74) is 7.86. The van der Waals surface area contributed by atoms with E-state index in [-0.39, 0.29) is 0 Å². The normalized spacial score (nSPS) is 30.2. The molecule has 0 saturated heterocycles. The van der Waals surface area contributed by atoms with E-state index in [2.05, 4.69) is 37.3 Å². The highest BCUT2D eigenvalue weighted by atomic mass is 14.6. The van der Waals surface area contributed by atoms with Crippen LogP contribution in [0.5, 0.6) is 0 Å². The molecule has 1 aliphatic rings. The van der Waals surface area contributed by atoms with Crippen molar-refractivity contribution in [1.29, 1.82) is 0 Å². The molecule has 1 fully saturated rings. The Kier molecular flexibility index (Phi) is 3.65. The fourth-order valence-electron chi connectivity index (χ4n) is 2.86. The van der Waals surface area contributed by atoms with Crippen LogP contribution < -0.4 is 5.73 Å². The second kappa shape index (κ2) is 5.01. The first-order valence-corrected chi connectivity index (χ1v) is 6.48. The minimum absolute atomic E-state index is 0.383. The lowest BCUT2D eigenvalue weighted by atomic mass is 9.68. The zero-order chi connectivity index (χ0) is 11.4. The van der Waals surface area contributed by atoms with Crippen molar-refractivity contribution in [1.82, 2.24) is 0 Å². The highest BCUT2D eigenvalue weighted by molar-refractivity contribution is 5.17. The van der Waals surface area contributed by atoms with E-state index < -0.39 is 0 Å². The molecule has 0 bridgehead atoms. The molecule has 1 heteroatoms. The molecule has 0 heterocycles. The largest absolute Gasteiger partial charge is 0.330 e. The second-order valence-corrected chi connectivity index (χ2v) is 5.55. The van der Waals surface area contributed by atoms with E-state index >= 15 is 0 Å². The molecule has 16 heavy (non-hydrogen) atoms. The van der Waals surface area contributed by atoms with Crippen molar-refractivity contribution in [2.75, 3.05) is 6.54 Å². The van der Waals surface area contributed by atoms with Gasteiger partial charge in [-0.1, -0.05) is 50.1 Å². The van der Waals surface area contributed by atoms with Gasteiger partial charge in [0.25, 0.3) is 0 Å². The van der Waals surface area contributed by atoms with Crippen LogP contribution in [-0.4, -0.2) is 6.54 Å². The number of hydrogen-bond acceptors (Lipinski definition) is 1. The van der Waals surface area contributed by atoms with Crippen LogP contribution in [0.15, 0.2) is 30.3 Å². The van der Waals surface area contributed by atoms with E-state index in [4.69, 9.17) is 5.73 Å². The molecule has 1 saturated carbocycles. The SMILES string of the molecule is CC1CCC(CN)(Cc2ccccc2)CC1. The van der Waals surface area contributed by atoms with Crippen molar-refractivity contribution in [3.05, 3.63) is 35.9 Å². The first-order valence-electron chi connectivity index (χ1n) is 6.48. The Morgan fingerprint density at radius 3 is 2.38 bits per heavy atom. The third kappa shape index (κ3) is 2.65. The van der Waals surface area contributed by atoms with Gasteiger partial charge in [0.05, 0.1) is 0 Å². The van der Waals surface area contributed by atoms with Crippen molar-refractivity contribution in [3.63, 3.8) is 0 Å². The summed E-state index contributed by atoms with van der Waals surface area (Å²) in [7, 11) is 0. The van der Waals surface area contributed by atoms with Crippen molar-refractivity contribution < 1.29 is 0 Å². The molecule has 0 radical (unpaired) electrons. The van der Waals surface area contributed by atoms with Crippen molar-refractivity contribution in [2.45, 2.75) is 39.0 Å². The molecule has 1 nitrogen and oxygen atoms in total. The maximum Gasteiger partial charge on any atom is -0.00173 e. The van der Waals surface area contributed by atoms with E-state index in [1.54, 1.807) is 0 Å². The first-order chi connectivity index (χ1) is 7.74. The molecule has 0 aliphatic heterocycles. The van der Waals surface area contributed by atoms with E-state index in [1.165, 1.54) is 31.2 Å². The molecule has 0 aromatic heterocycles. The van der Waals surface area contributed by atoms with Crippen LogP contribution in [0.1, 0.15) is 38.2 Å². The first kappa shape index (κ1) is 11.7. The Balaban J connectivity index is 2.05. The number of nitrogens with two attached hydrogens (primary N) is 1. The summed E-state index contributed by atoms with van der Waals surface area (Å²) in [4.78, 5) is 0. The highest BCUT2D eigenvalue weighted by Gasteiger charge is 2.32. The predicted molar refractivity (Wildman–Crippen MR) is 69.3 cm³/mol. The maximum absolute atomic E-state index is 6.03. The third-order valence-electron chi connectivity index (χ3n) is 4.19. The molecule has 88 valence electrons. The van der Waals surface area contributed by atoms with Gasteiger partial charge in [-0.3, -0.25) is 0 Å². The second-order valence-electron chi connectivity index (χ2n) is 5.55. The van der Waals surface area contributed by atoms with Crippen molar-refractivity contribution in [2.24, 2.45) is 17.1 Å². The average Bonchev–Trinajstić information content (AvgIpc) is 2.34. The smallest absolute Gasteiger partial charge is 0.00173 e. The molecular formula is C15H23N. The summed E-state index contributed by atoms with van der Waals surface area (Å²) in [6, 6.07) is 10.8. The van der Waals surface area contributed by atoms with Gasteiger partial charge < -0.3 is 5.73 Å². The molecular weight excluding hydrogens is 194 g/mol. The molecule has 0 spiro atoms. The van der Waals surface area contributed by atoms with Gasteiger partial charge >= 0.3 is 0 Å². The number of hydrogen-bond donors (Lipinski definition) is 1. The molecule has 0 unspecified atom stereocenters. The zero-order valence-electron chi connectivity index (χ0n) is 10.3. The summed E-state index contributed by atoms with van der Waals surface area (Å²) in [5, 5.41) is 0. The highest BCUT2D eigenvalue weighted by Crippen LogP contribution is 2.40. The van der Waals surface area contributed by atoms with Crippen LogP contribution in [0.2, 0.25) is 0 Å². The Morgan fingerprint density at radius 2 is 1.81 bits per heavy atom. The number of benzene rings is 1. The predicted octanol–water partition coefficient (Wildman–Crippen LogP) is 3.38. The zero-order valence-corrected chi connectivity index (χ0v) is 10.3. The van der Waals surface area contributed by atoms with Crippen LogP contribution in [0.3, 0.4) is 0 Å². The van der Waals surface area contributed by atoms with Crippen molar-refractivity contribution in [3.8, 4) is 0 Å². The number of rotatable bonds is 3. The summed E-state index contributed by atoms with van der Waals surface area (Å²) < 4.78 is 0. The molecule has 2 N–H and O–H groups in total. The summed E-state index contributed by atoms with van der Waals surface area (Å²) in [6.07, 6.45) is 6.48. The maximum atomic E-state index is 6.03. The van der Waals surface area contributed by atoms with Gasteiger partial charge in [0.1, 0.15) is 0 Å². The monoisotopic (exact) mass is 217 g/mol. The van der Waals surface area contributed by atoms with E-state index in [9.17, 15) is 0 Å². The van der Waals surface area contributed by atoms with Gasteiger partial charge in [0.15, 0.2) is 0 Å². The summed E-state index contributed by atoms with van der Waals surface area (Å²) >= 11 is 0. The summed E-state index contributed by atoms with van der Waals surface area (Å²) in [5.74, 6) is 0.899. The van der Waals surface area contributed by atoms with Crippen LogP contribution in [0.25, 0.3) is 0 Å². The van der Waals surface area contributed by atoms with E-state index in [0.29, 0.717) is 5.41 Å². The van der Waals surface area contributed by atoms with Gasteiger partial charge in [0.2, 0.25) is 0 Å². The molecule has 1 aromatic carbocycles. The molecule has 2 rings (SSSR count). The van der Waals surface area contributed by atoms with Gasteiger partial charge in [-0.05, 0) is 42.7 Å². The van der Waals surface area contributed by atoms with Crippen LogP contribution in [0.4, 0.5) is 0 Å². The Hall–Kier alpha value is -0.820. The van der Waals surface area contributed by atoms with Gasteiger partial charge in [-0.25, -0.2) is 0 Å². The van der Waals surface area contributed by atoms with Gasteiger partial charge in [0, 0.05) is 0 Å². The molecule has 1 aromatic rings. The Morgan fingerprint density at radius 1 is 1.19 bits per heavy atom. The van der Waals surface area contributed by atoms with Crippen molar-refractivity contribution >= 4 is 0 Å². The minimum Gasteiger partial charge on any atom is -0.330 e. The lowest BCUT2D eigenvalue weighted by molar-refractivity contribution is 0.163. The average molecular weight is 217 g/mol. The van der Waals surface area contributed by atoms with Crippen LogP contribution >= 0.6 is 0 Å². The lowest BCUT2D eigenvalue weighted by Gasteiger charge is -2.38. The standard InChI is InChI=1S/C15H23N/c1-13-7-9-15(12-16,10-8-13)11-14-5-3-2-4-6-14/h2-6,13H,7-12,16H2,1H3. The van der Waals surface area contributed by atoms with E-state index in [0.717, 1.165) is 18.9 Å². The molecule has 0 atom stereocenters. The minimum atomic E-state index is 0.383. The fourth-order valence-corrected chi connectivity index (χ4v) is 2.86. The summed E-state index contributed by atoms with van der Waals surface area (Å²) in [6.45, 7) is 3.21. The van der Waals surface area contributed by atoms with Gasteiger partial charge in [-0.2, -0.15) is 0 Å². The quantitative estimate of drug-likeness (QED) is 0.825. The molecule has 1 aliphatic carbocycles. The third-order valence-corrected chi connectivity index (χ3v) is 4.19.